The Morgan fingerprint density at radius 2 is 1.86 bits per heavy atom. The maximum absolute atomic E-state index is 12.6. The molecule has 0 N–H and O–H groups in total. The van der Waals surface area contributed by atoms with Gasteiger partial charge in [-0.3, -0.25) is 9.78 Å². The van der Waals surface area contributed by atoms with Crippen LogP contribution in [0, 0.1) is 12.8 Å². The van der Waals surface area contributed by atoms with Crippen LogP contribution in [0.15, 0.2) is 42.7 Å². The number of amides is 1. The molecule has 0 spiro atoms. The lowest BCUT2D eigenvalue weighted by Crippen LogP contribution is -2.39. The maximum Gasteiger partial charge on any atom is 0.573 e. The van der Waals surface area contributed by atoms with E-state index in [1.165, 1.54) is 12.1 Å². The second kappa shape index (κ2) is 8.50. The number of likely N-dealkylation sites (tertiary alicyclic amines) is 1. The van der Waals surface area contributed by atoms with Crippen molar-refractivity contribution < 1.29 is 27.4 Å². The molecule has 0 radical (unpaired) electrons. The third-order valence-electron chi connectivity index (χ3n) is 4.68. The summed E-state index contributed by atoms with van der Waals surface area (Å²) in [5.41, 5.74) is 1.32. The lowest BCUT2D eigenvalue weighted by molar-refractivity contribution is -0.274. The highest BCUT2D eigenvalue weighted by molar-refractivity contribution is 5.94. The molecule has 5 nitrogen and oxygen atoms in total. The quantitative estimate of drug-likeness (QED) is 0.762. The van der Waals surface area contributed by atoms with Gasteiger partial charge in [-0.15, -0.1) is 13.2 Å². The molecule has 1 amide bonds. The van der Waals surface area contributed by atoms with Crippen LogP contribution in [0.4, 0.5) is 13.2 Å². The number of nitrogens with zero attached hydrogens (tertiary/aromatic N) is 2. The smallest absolute Gasteiger partial charge is 0.493 e. The van der Waals surface area contributed by atoms with E-state index in [0.29, 0.717) is 31.2 Å². The van der Waals surface area contributed by atoms with Crippen LogP contribution in [0.2, 0.25) is 0 Å². The van der Waals surface area contributed by atoms with Gasteiger partial charge < -0.3 is 14.4 Å². The lowest BCUT2D eigenvalue weighted by Gasteiger charge is -2.32. The summed E-state index contributed by atoms with van der Waals surface area (Å²) in [6.07, 6.45) is 0.316. The van der Waals surface area contributed by atoms with Crippen LogP contribution in [0.3, 0.4) is 0 Å². The highest BCUT2D eigenvalue weighted by Gasteiger charge is 2.31. The molecule has 2 aromatic rings. The van der Waals surface area contributed by atoms with Gasteiger partial charge in [0.2, 0.25) is 0 Å². The normalized spacial score (nSPS) is 15.4. The molecule has 1 aliphatic rings. The Balaban J connectivity index is 1.49. The second-order valence-corrected chi connectivity index (χ2v) is 6.76. The number of ether oxygens (including phenoxy) is 2. The number of aryl methyl sites for hydroxylation is 1. The average molecular weight is 394 g/mol. The monoisotopic (exact) mass is 394 g/mol. The number of hydrogen-bond donors (Lipinski definition) is 0. The van der Waals surface area contributed by atoms with Crippen molar-refractivity contribution in [3.05, 3.63) is 53.9 Å². The van der Waals surface area contributed by atoms with E-state index in [1.807, 2.05) is 13.0 Å². The Kier molecular flexibility index (Phi) is 6.06. The van der Waals surface area contributed by atoms with Gasteiger partial charge in [-0.25, -0.2) is 0 Å². The fourth-order valence-electron chi connectivity index (χ4n) is 3.11. The number of halogens is 3. The van der Waals surface area contributed by atoms with Gasteiger partial charge in [0, 0.05) is 36.6 Å². The first-order valence-corrected chi connectivity index (χ1v) is 9.00. The average Bonchev–Trinajstić information content (AvgIpc) is 2.67. The largest absolute Gasteiger partial charge is 0.573 e. The summed E-state index contributed by atoms with van der Waals surface area (Å²) >= 11 is 0. The van der Waals surface area contributed by atoms with Crippen molar-refractivity contribution in [2.75, 3.05) is 19.7 Å². The summed E-state index contributed by atoms with van der Waals surface area (Å²) in [7, 11) is 0. The van der Waals surface area contributed by atoms with E-state index in [2.05, 4.69) is 9.72 Å². The van der Waals surface area contributed by atoms with E-state index in [4.69, 9.17) is 4.74 Å². The van der Waals surface area contributed by atoms with Crippen molar-refractivity contribution >= 4 is 5.91 Å². The summed E-state index contributed by atoms with van der Waals surface area (Å²) in [4.78, 5) is 18.3. The van der Waals surface area contributed by atoms with Gasteiger partial charge >= 0.3 is 6.36 Å². The molecule has 2 heterocycles. The highest BCUT2D eigenvalue weighted by atomic mass is 19.4. The number of alkyl halides is 3. The number of benzene rings is 1. The van der Waals surface area contributed by atoms with Gasteiger partial charge in [-0.2, -0.15) is 0 Å². The number of aromatic nitrogens is 1. The number of rotatable bonds is 5. The Hall–Kier alpha value is -2.77. The van der Waals surface area contributed by atoms with E-state index in [9.17, 15) is 18.0 Å². The topological polar surface area (TPSA) is 51.7 Å². The van der Waals surface area contributed by atoms with Gasteiger partial charge in [0.25, 0.3) is 5.91 Å². The molecule has 0 bridgehead atoms. The first-order valence-electron chi connectivity index (χ1n) is 9.00. The van der Waals surface area contributed by atoms with E-state index in [0.717, 1.165) is 36.3 Å². The van der Waals surface area contributed by atoms with Crippen LogP contribution < -0.4 is 9.47 Å². The van der Waals surface area contributed by atoms with E-state index >= 15 is 0 Å². The molecule has 150 valence electrons. The van der Waals surface area contributed by atoms with Gasteiger partial charge in [0.05, 0.1) is 6.61 Å². The van der Waals surface area contributed by atoms with Crippen LogP contribution in [0.1, 0.15) is 28.8 Å². The van der Waals surface area contributed by atoms with Crippen molar-refractivity contribution in [3.8, 4) is 11.5 Å². The van der Waals surface area contributed by atoms with E-state index in [-0.39, 0.29) is 11.7 Å². The molecule has 8 heteroatoms. The molecule has 1 fully saturated rings. The zero-order valence-electron chi connectivity index (χ0n) is 15.4. The zero-order chi connectivity index (χ0) is 20.1. The minimum Gasteiger partial charge on any atom is -0.493 e. The minimum atomic E-state index is -4.75. The van der Waals surface area contributed by atoms with Crippen molar-refractivity contribution in [3.63, 3.8) is 0 Å². The molecule has 3 rings (SSSR count). The maximum atomic E-state index is 12.6. The zero-order valence-corrected chi connectivity index (χ0v) is 15.4. The van der Waals surface area contributed by atoms with Crippen LogP contribution in [0.5, 0.6) is 11.5 Å². The summed E-state index contributed by atoms with van der Waals surface area (Å²) in [5, 5.41) is 0. The summed E-state index contributed by atoms with van der Waals surface area (Å²) < 4.78 is 46.3. The van der Waals surface area contributed by atoms with Gasteiger partial charge in [-0.1, -0.05) is 0 Å². The predicted octanol–water partition coefficient (Wildman–Crippen LogP) is 4.22. The van der Waals surface area contributed by atoms with Gasteiger partial charge in [0.15, 0.2) is 0 Å². The fraction of sp³-hybridized carbons (Fsp3) is 0.400. The molecule has 28 heavy (non-hydrogen) atoms. The van der Waals surface area contributed by atoms with Crippen molar-refractivity contribution in [1.82, 2.24) is 9.88 Å². The van der Waals surface area contributed by atoms with E-state index in [1.54, 1.807) is 17.3 Å². The molecule has 0 atom stereocenters. The molecule has 1 aromatic heterocycles. The predicted molar refractivity (Wildman–Crippen MR) is 96.2 cm³/mol. The molecule has 0 unspecified atom stereocenters. The number of piperidine rings is 1. The molecule has 0 aliphatic carbocycles. The van der Waals surface area contributed by atoms with Crippen molar-refractivity contribution in [2.45, 2.75) is 26.1 Å². The second-order valence-electron chi connectivity index (χ2n) is 6.76. The first-order chi connectivity index (χ1) is 13.3. The summed E-state index contributed by atoms with van der Waals surface area (Å²) in [6, 6.07) is 6.84. The molecular formula is C20H21F3N2O3. The Morgan fingerprint density at radius 3 is 2.46 bits per heavy atom. The molecule has 0 saturated carbocycles. The fourth-order valence-corrected chi connectivity index (χ4v) is 3.11. The van der Waals surface area contributed by atoms with Gasteiger partial charge in [-0.05, 0) is 56.0 Å². The number of carbonyl (C=O) groups excluding carboxylic acids is 1. The highest BCUT2D eigenvalue weighted by Crippen LogP contribution is 2.25. The number of hydrogen-bond acceptors (Lipinski definition) is 4. The molecular weight excluding hydrogens is 373 g/mol. The van der Waals surface area contributed by atoms with Gasteiger partial charge in [0.1, 0.15) is 11.5 Å². The first kappa shape index (κ1) is 20.0. The Bertz CT molecular complexity index is 801. The Morgan fingerprint density at radius 1 is 1.18 bits per heavy atom. The lowest BCUT2D eigenvalue weighted by atomic mass is 9.97. The summed E-state index contributed by atoms with van der Waals surface area (Å²) in [5.74, 6) is 0.628. The molecule has 1 saturated heterocycles. The molecule has 1 aromatic carbocycles. The van der Waals surface area contributed by atoms with Crippen molar-refractivity contribution in [1.29, 1.82) is 0 Å². The summed E-state index contributed by atoms with van der Waals surface area (Å²) in [6.45, 7) is 3.69. The SMILES string of the molecule is Cc1cnccc1OCC1CCN(C(=O)c2ccc(OC(F)(F)F)cc2)CC1. The van der Waals surface area contributed by atoms with Crippen molar-refractivity contribution in [2.24, 2.45) is 5.92 Å². The molecule has 1 aliphatic heterocycles. The number of pyridine rings is 1. The Labute approximate surface area is 161 Å². The minimum absolute atomic E-state index is 0.192. The third kappa shape index (κ3) is 5.37. The van der Waals surface area contributed by atoms with Crippen LogP contribution in [0.25, 0.3) is 0 Å². The van der Waals surface area contributed by atoms with Crippen LogP contribution in [-0.2, 0) is 0 Å². The van der Waals surface area contributed by atoms with E-state index < -0.39 is 6.36 Å². The standard InChI is InChI=1S/C20H21F3N2O3/c1-14-12-24-9-6-18(14)27-13-15-7-10-25(11-8-15)19(26)16-2-4-17(5-3-16)28-20(21,22)23/h2-6,9,12,15H,7-8,10-11,13H2,1H3. The van der Waals surface area contributed by atoms with Crippen LogP contribution >= 0.6 is 0 Å². The van der Waals surface area contributed by atoms with Crippen LogP contribution in [-0.4, -0.2) is 41.8 Å². The number of carbonyl (C=O) groups is 1. The third-order valence-corrected chi connectivity index (χ3v) is 4.68.